The number of carbonyl (C=O) groups is 1. The first-order valence-corrected chi connectivity index (χ1v) is 9.79. The average Bonchev–Trinajstić information content (AvgIpc) is 2.70. The predicted octanol–water partition coefficient (Wildman–Crippen LogP) is 3.60. The van der Waals surface area contributed by atoms with Crippen LogP contribution in [0.15, 0.2) is 18.2 Å². The van der Waals surface area contributed by atoms with Crippen molar-refractivity contribution in [3.8, 4) is 5.75 Å². The molecule has 0 radical (unpaired) electrons. The molecule has 1 aliphatic rings. The summed E-state index contributed by atoms with van der Waals surface area (Å²) >= 11 is 0. The molecule has 8 nitrogen and oxygen atoms in total. The third-order valence-electron chi connectivity index (χ3n) is 4.45. The van der Waals surface area contributed by atoms with Gasteiger partial charge in [-0.15, -0.1) is 10.2 Å². The predicted molar refractivity (Wildman–Crippen MR) is 111 cm³/mol. The maximum Gasteiger partial charge on any atom is 0.271 e. The van der Waals surface area contributed by atoms with Crippen LogP contribution in [0.5, 0.6) is 5.75 Å². The second kappa shape index (κ2) is 11.1. The lowest BCUT2D eigenvalue weighted by Gasteiger charge is -2.12. The van der Waals surface area contributed by atoms with Crippen molar-refractivity contribution >= 4 is 23.2 Å². The Labute approximate surface area is 166 Å². The van der Waals surface area contributed by atoms with Crippen molar-refractivity contribution in [1.82, 2.24) is 15.2 Å². The van der Waals surface area contributed by atoms with Crippen LogP contribution >= 0.6 is 0 Å². The molecule has 1 amide bonds. The second-order valence-corrected chi connectivity index (χ2v) is 6.74. The van der Waals surface area contributed by atoms with E-state index in [0.29, 0.717) is 11.5 Å². The molecule has 0 saturated heterocycles. The molecule has 1 aliphatic carbocycles. The van der Waals surface area contributed by atoms with Gasteiger partial charge >= 0.3 is 0 Å². The number of aryl methyl sites for hydroxylation is 1. The Balaban J connectivity index is 0.000000397. The maximum atomic E-state index is 11.4. The first-order chi connectivity index (χ1) is 13.5. The molecule has 2 heterocycles. The molecule has 3 rings (SSSR count). The van der Waals surface area contributed by atoms with Crippen LogP contribution in [-0.2, 0) is 6.42 Å². The highest BCUT2D eigenvalue weighted by atomic mass is 16.5. The molecule has 1 fully saturated rings. The number of hydrogen-bond acceptors (Lipinski definition) is 7. The second-order valence-electron chi connectivity index (χ2n) is 6.74. The van der Waals surface area contributed by atoms with Crippen molar-refractivity contribution in [2.75, 3.05) is 18.2 Å². The van der Waals surface area contributed by atoms with Gasteiger partial charge in [-0.2, -0.15) is 0 Å². The van der Waals surface area contributed by atoms with Gasteiger partial charge in [0.15, 0.2) is 5.69 Å². The number of rotatable bonds is 6. The Hall–Kier alpha value is -2.90. The molecule has 0 unspecified atom stereocenters. The van der Waals surface area contributed by atoms with Crippen LogP contribution in [-0.4, -0.2) is 28.2 Å². The van der Waals surface area contributed by atoms with E-state index in [0.717, 1.165) is 24.3 Å². The number of methoxy groups -OCH3 is 1. The molecule has 0 bridgehead atoms. The van der Waals surface area contributed by atoms with Crippen LogP contribution in [0.4, 0.5) is 17.3 Å². The number of primary amides is 1. The summed E-state index contributed by atoms with van der Waals surface area (Å²) in [6, 6.07) is 5.03. The molecule has 1 saturated carbocycles. The van der Waals surface area contributed by atoms with Gasteiger partial charge in [-0.1, -0.05) is 51.9 Å². The van der Waals surface area contributed by atoms with Crippen LogP contribution in [0, 0.1) is 0 Å². The smallest absolute Gasteiger partial charge is 0.271 e. The number of nitrogens with two attached hydrogens (primary N) is 2. The summed E-state index contributed by atoms with van der Waals surface area (Å²) in [5, 5.41) is 10.3. The third-order valence-corrected chi connectivity index (χ3v) is 4.45. The van der Waals surface area contributed by atoms with E-state index in [1.54, 1.807) is 13.2 Å². The number of pyridine rings is 1. The lowest BCUT2D eigenvalue weighted by Crippen LogP contribution is -2.17. The SMILES string of the molecule is C1CCCCC1.CCCc1nc(Nc2cc(N)nnc2C(N)=O)ccc1OC. The fraction of sp³-hybridized carbons (Fsp3) is 0.500. The van der Waals surface area contributed by atoms with E-state index in [1.165, 1.54) is 44.6 Å². The number of hydrogen-bond donors (Lipinski definition) is 3. The van der Waals surface area contributed by atoms with Crippen molar-refractivity contribution < 1.29 is 9.53 Å². The zero-order valence-corrected chi connectivity index (χ0v) is 16.7. The van der Waals surface area contributed by atoms with Gasteiger partial charge in [0.25, 0.3) is 5.91 Å². The topological polar surface area (TPSA) is 129 Å². The molecule has 0 aliphatic heterocycles. The standard InChI is InChI=1S/C14H18N6O2.C6H12/c1-3-4-8-10(22-2)5-6-12(17-8)18-9-7-11(15)19-20-13(9)14(16)21;1-2-4-6-5-3-1/h5-7H,3-4H2,1-2H3,(H2,16,21)(H3,15,17,18,19);1-6H2. The van der Waals surface area contributed by atoms with Gasteiger partial charge in [-0.3, -0.25) is 4.79 Å². The van der Waals surface area contributed by atoms with Crippen LogP contribution < -0.4 is 21.5 Å². The van der Waals surface area contributed by atoms with Crippen molar-refractivity contribution in [2.45, 2.75) is 58.3 Å². The molecule has 28 heavy (non-hydrogen) atoms. The van der Waals surface area contributed by atoms with Crippen molar-refractivity contribution in [3.05, 3.63) is 29.6 Å². The summed E-state index contributed by atoms with van der Waals surface area (Å²) in [7, 11) is 1.60. The van der Waals surface area contributed by atoms with E-state index >= 15 is 0 Å². The molecular formula is C20H30N6O2. The molecular weight excluding hydrogens is 356 g/mol. The highest BCUT2D eigenvalue weighted by Gasteiger charge is 2.13. The maximum absolute atomic E-state index is 11.4. The fourth-order valence-corrected chi connectivity index (χ4v) is 3.04. The first kappa shape index (κ1) is 21.4. The number of anilines is 3. The number of nitrogens with zero attached hydrogens (tertiary/aromatic N) is 3. The van der Waals surface area contributed by atoms with Gasteiger partial charge in [-0.05, 0) is 18.6 Å². The molecule has 8 heteroatoms. The minimum absolute atomic E-state index is 0.00357. The summed E-state index contributed by atoms with van der Waals surface area (Å²) < 4.78 is 5.28. The molecule has 0 atom stereocenters. The van der Waals surface area contributed by atoms with E-state index in [4.69, 9.17) is 16.2 Å². The minimum atomic E-state index is -0.697. The lowest BCUT2D eigenvalue weighted by atomic mass is 10.0. The Morgan fingerprint density at radius 1 is 1.14 bits per heavy atom. The van der Waals surface area contributed by atoms with Gasteiger partial charge < -0.3 is 21.5 Å². The summed E-state index contributed by atoms with van der Waals surface area (Å²) in [6.45, 7) is 2.06. The summed E-state index contributed by atoms with van der Waals surface area (Å²) in [6.07, 6.45) is 10.7. The quantitative estimate of drug-likeness (QED) is 0.691. The number of nitrogens with one attached hydrogen (secondary N) is 1. The van der Waals surface area contributed by atoms with Crippen molar-refractivity contribution in [2.24, 2.45) is 5.73 Å². The summed E-state index contributed by atoms with van der Waals surface area (Å²) in [4.78, 5) is 15.9. The third kappa shape index (κ3) is 6.37. The van der Waals surface area contributed by atoms with Gasteiger partial charge in [-0.25, -0.2) is 4.98 Å². The average molecular weight is 387 g/mol. The Kier molecular flexibility index (Phi) is 8.45. The normalized spacial score (nSPS) is 13.2. The number of aromatic nitrogens is 3. The van der Waals surface area contributed by atoms with Crippen LogP contribution in [0.3, 0.4) is 0 Å². The molecule has 0 aromatic carbocycles. The van der Waals surface area contributed by atoms with Crippen molar-refractivity contribution in [3.63, 3.8) is 0 Å². The Bertz CT molecular complexity index is 766. The highest BCUT2D eigenvalue weighted by Crippen LogP contribution is 2.24. The van der Waals surface area contributed by atoms with E-state index in [9.17, 15) is 4.79 Å². The molecule has 2 aromatic rings. The van der Waals surface area contributed by atoms with E-state index in [2.05, 4.69) is 27.4 Å². The van der Waals surface area contributed by atoms with Gasteiger partial charge in [0.1, 0.15) is 17.4 Å². The van der Waals surface area contributed by atoms with Gasteiger partial charge in [0.05, 0.1) is 18.5 Å². The van der Waals surface area contributed by atoms with Crippen molar-refractivity contribution in [1.29, 1.82) is 0 Å². The number of amides is 1. The van der Waals surface area contributed by atoms with Crippen LogP contribution in [0.2, 0.25) is 0 Å². The lowest BCUT2D eigenvalue weighted by molar-refractivity contribution is 0.0995. The number of nitrogen functional groups attached to an aromatic ring is 1. The monoisotopic (exact) mass is 386 g/mol. The molecule has 5 N–H and O–H groups in total. The van der Waals surface area contributed by atoms with E-state index in [1.807, 2.05) is 6.07 Å². The largest absolute Gasteiger partial charge is 0.495 e. The summed E-state index contributed by atoms with van der Waals surface area (Å²) in [5.41, 5.74) is 12.1. The van der Waals surface area contributed by atoms with E-state index < -0.39 is 5.91 Å². The van der Waals surface area contributed by atoms with Gasteiger partial charge in [0, 0.05) is 6.07 Å². The fourth-order valence-electron chi connectivity index (χ4n) is 3.04. The Morgan fingerprint density at radius 2 is 1.79 bits per heavy atom. The molecule has 2 aromatic heterocycles. The summed E-state index contributed by atoms with van der Waals surface area (Å²) in [5.74, 6) is 0.737. The van der Waals surface area contributed by atoms with Crippen LogP contribution in [0.25, 0.3) is 0 Å². The molecule has 0 spiro atoms. The van der Waals surface area contributed by atoms with Crippen LogP contribution in [0.1, 0.15) is 68.1 Å². The zero-order valence-electron chi connectivity index (χ0n) is 16.7. The Morgan fingerprint density at radius 3 is 2.32 bits per heavy atom. The number of carbonyl (C=O) groups excluding carboxylic acids is 1. The minimum Gasteiger partial charge on any atom is -0.495 e. The van der Waals surface area contributed by atoms with Gasteiger partial charge in [0.2, 0.25) is 0 Å². The highest BCUT2D eigenvalue weighted by molar-refractivity contribution is 5.97. The number of ether oxygens (including phenoxy) is 1. The zero-order chi connectivity index (χ0) is 20.4. The molecule has 152 valence electrons. The van der Waals surface area contributed by atoms with E-state index in [-0.39, 0.29) is 11.5 Å². The first-order valence-electron chi connectivity index (χ1n) is 9.79.